The molecule has 94 valence electrons. The van der Waals surface area contributed by atoms with Gasteiger partial charge in [0.2, 0.25) is 0 Å². The minimum atomic E-state index is -0.134. The van der Waals surface area contributed by atoms with E-state index in [-0.39, 0.29) is 12.0 Å². The Labute approximate surface area is 98.3 Å². The smallest absolute Gasteiger partial charge is 0.322 e. The summed E-state index contributed by atoms with van der Waals surface area (Å²) in [6, 6.07) is -0.134. The second-order valence-corrected chi connectivity index (χ2v) is 4.37. The Balaban J connectivity index is 2.27. The van der Waals surface area contributed by atoms with Crippen LogP contribution in [0.5, 0.6) is 0 Å². The highest BCUT2D eigenvalue weighted by atomic mass is 16.5. The third-order valence-corrected chi connectivity index (χ3v) is 3.06. The molecular weight excluding hydrogens is 204 g/mol. The molecule has 4 heteroatoms. The van der Waals surface area contributed by atoms with Crippen molar-refractivity contribution >= 4 is 5.97 Å². The molecule has 0 bridgehead atoms. The largest absolute Gasteiger partial charge is 0.468 e. The fraction of sp³-hybridized carbons (Fsp3) is 0.917. The van der Waals surface area contributed by atoms with Crippen LogP contribution in [0.15, 0.2) is 0 Å². The van der Waals surface area contributed by atoms with Gasteiger partial charge in [0.05, 0.1) is 7.11 Å². The number of nitrogens with one attached hydrogen (secondary N) is 1. The molecule has 0 aromatic carbocycles. The first-order chi connectivity index (χ1) is 7.77. The van der Waals surface area contributed by atoms with E-state index in [4.69, 9.17) is 4.74 Å². The zero-order valence-corrected chi connectivity index (χ0v) is 10.5. The summed E-state index contributed by atoms with van der Waals surface area (Å²) >= 11 is 0. The number of carbonyl (C=O) groups excluding carboxylic acids is 1. The van der Waals surface area contributed by atoms with Crippen LogP contribution in [0.4, 0.5) is 0 Å². The van der Waals surface area contributed by atoms with E-state index < -0.39 is 0 Å². The van der Waals surface area contributed by atoms with Crippen LogP contribution < -0.4 is 5.32 Å². The summed E-state index contributed by atoms with van der Waals surface area (Å²) in [7, 11) is 1.46. The number of esters is 1. The van der Waals surface area contributed by atoms with Gasteiger partial charge in [-0.05, 0) is 45.3 Å². The van der Waals surface area contributed by atoms with Gasteiger partial charge in [0, 0.05) is 6.54 Å². The lowest BCUT2D eigenvalue weighted by Crippen LogP contribution is -2.40. The van der Waals surface area contributed by atoms with Crippen LogP contribution in [0.1, 0.15) is 32.6 Å². The number of likely N-dealkylation sites (tertiary alicyclic amines) is 1. The van der Waals surface area contributed by atoms with Crippen molar-refractivity contribution in [3.8, 4) is 0 Å². The van der Waals surface area contributed by atoms with Crippen molar-refractivity contribution in [1.29, 1.82) is 0 Å². The monoisotopic (exact) mass is 228 g/mol. The summed E-state index contributed by atoms with van der Waals surface area (Å²) in [6.07, 6.45) is 4.49. The van der Waals surface area contributed by atoms with E-state index in [1.54, 1.807) is 0 Å². The van der Waals surface area contributed by atoms with Gasteiger partial charge in [-0.1, -0.05) is 6.92 Å². The van der Waals surface area contributed by atoms with Crippen LogP contribution in [0, 0.1) is 0 Å². The Morgan fingerprint density at radius 2 is 2.12 bits per heavy atom. The molecule has 1 rings (SSSR count). The number of rotatable bonds is 7. The normalized spacial score (nSPS) is 18.6. The van der Waals surface area contributed by atoms with Crippen LogP contribution in [0.2, 0.25) is 0 Å². The molecular formula is C12H24N2O2. The quantitative estimate of drug-likeness (QED) is 0.660. The summed E-state index contributed by atoms with van der Waals surface area (Å²) in [4.78, 5) is 13.9. The van der Waals surface area contributed by atoms with Gasteiger partial charge in [-0.25, -0.2) is 0 Å². The molecule has 1 heterocycles. The van der Waals surface area contributed by atoms with Gasteiger partial charge in [-0.2, -0.15) is 0 Å². The number of carbonyl (C=O) groups is 1. The van der Waals surface area contributed by atoms with Crippen LogP contribution >= 0.6 is 0 Å². The molecule has 0 aromatic rings. The van der Waals surface area contributed by atoms with Gasteiger partial charge in [-0.15, -0.1) is 0 Å². The minimum absolute atomic E-state index is 0.132. The van der Waals surface area contributed by atoms with Crippen molar-refractivity contribution in [3.63, 3.8) is 0 Å². The molecule has 0 spiro atoms. The topological polar surface area (TPSA) is 41.6 Å². The summed E-state index contributed by atoms with van der Waals surface area (Å²) < 4.78 is 4.80. The molecule has 4 nitrogen and oxygen atoms in total. The Hall–Kier alpha value is -0.610. The molecule has 1 atom stereocenters. The first-order valence-electron chi connectivity index (χ1n) is 6.31. The van der Waals surface area contributed by atoms with Gasteiger partial charge in [0.15, 0.2) is 0 Å². The number of methoxy groups -OCH3 is 1. The second kappa shape index (κ2) is 7.63. The van der Waals surface area contributed by atoms with Crippen molar-refractivity contribution < 1.29 is 9.53 Å². The summed E-state index contributed by atoms with van der Waals surface area (Å²) in [5.41, 5.74) is 0. The predicted molar refractivity (Wildman–Crippen MR) is 64.4 cm³/mol. The van der Waals surface area contributed by atoms with Gasteiger partial charge in [-0.3, -0.25) is 4.79 Å². The van der Waals surface area contributed by atoms with E-state index in [0.29, 0.717) is 0 Å². The Morgan fingerprint density at radius 1 is 1.44 bits per heavy atom. The molecule has 0 aromatic heterocycles. The number of nitrogens with zero attached hydrogens (tertiary/aromatic N) is 1. The Bertz CT molecular complexity index is 203. The lowest BCUT2D eigenvalue weighted by atomic mass is 10.2. The second-order valence-electron chi connectivity index (χ2n) is 4.37. The fourth-order valence-corrected chi connectivity index (χ4v) is 2.08. The maximum Gasteiger partial charge on any atom is 0.322 e. The van der Waals surface area contributed by atoms with Crippen molar-refractivity contribution in [2.24, 2.45) is 0 Å². The highest BCUT2D eigenvalue weighted by Crippen LogP contribution is 2.08. The number of ether oxygens (including phenoxy) is 1. The number of hydrogen-bond acceptors (Lipinski definition) is 4. The van der Waals surface area contributed by atoms with Crippen LogP contribution in [0.25, 0.3) is 0 Å². The van der Waals surface area contributed by atoms with Gasteiger partial charge < -0.3 is 15.0 Å². The maximum atomic E-state index is 11.5. The zero-order valence-electron chi connectivity index (χ0n) is 10.5. The lowest BCUT2D eigenvalue weighted by molar-refractivity contribution is -0.143. The Kier molecular flexibility index (Phi) is 6.42. The highest BCUT2D eigenvalue weighted by Gasteiger charge is 2.20. The third-order valence-electron chi connectivity index (χ3n) is 3.06. The summed E-state index contributed by atoms with van der Waals surface area (Å²) in [6.45, 7) is 6.33. The summed E-state index contributed by atoms with van der Waals surface area (Å²) in [5, 5.41) is 3.24. The average molecular weight is 228 g/mol. The molecule has 1 aliphatic rings. The van der Waals surface area contributed by atoms with E-state index >= 15 is 0 Å². The van der Waals surface area contributed by atoms with Crippen LogP contribution in [0.3, 0.4) is 0 Å². The van der Waals surface area contributed by atoms with E-state index in [0.717, 1.165) is 25.9 Å². The maximum absolute atomic E-state index is 11.5. The minimum Gasteiger partial charge on any atom is -0.468 e. The van der Waals surface area contributed by atoms with Gasteiger partial charge >= 0.3 is 5.97 Å². The third kappa shape index (κ3) is 4.49. The van der Waals surface area contributed by atoms with Gasteiger partial charge in [0.1, 0.15) is 6.04 Å². The van der Waals surface area contributed by atoms with Crippen LogP contribution in [-0.4, -0.2) is 50.2 Å². The average Bonchev–Trinajstić information content (AvgIpc) is 2.81. The van der Waals surface area contributed by atoms with Gasteiger partial charge in [0.25, 0.3) is 0 Å². The molecule has 1 aliphatic heterocycles. The van der Waals surface area contributed by atoms with E-state index in [1.165, 1.54) is 33.0 Å². The molecule has 1 unspecified atom stereocenters. The van der Waals surface area contributed by atoms with Crippen LogP contribution in [-0.2, 0) is 9.53 Å². The molecule has 1 N–H and O–H groups in total. The number of hydrogen-bond donors (Lipinski definition) is 1. The van der Waals surface area contributed by atoms with E-state index in [1.807, 2.05) is 0 Å². The standard InChI is InChI=1S/C12H24N2O2/c1-3-7-13-11(12(15)16-2)6-10-14-8-4-5-9-14/h11,13H,3-10H2,1-2H3. The Morgan fingerprint density at radius 3 is 2.69 bits per heavy atom. The van der Waals surface area contributed by atoms with Crippen molar-refractivity contribution in [1.82, 2.24) is 10.2 Å². The predicted octanol–water partition coefficient (Wildman–Crippen LogP) is 1.01. The zero-order chi connectivity index (χ0) is 11.8. The first kappa shape index (κ1) is 13.5. The van der Waals surface area contributed by atoms with E-state index in [2.05, 4.69) is 17.1 Å². The molecule has 0 aliphatic carbocycles. The van der Waals surface area contributed by atoms with Crippen molar-refractivity contribution in [2.45, 2.75) is 38.6 Å². The first-order valence-corrected chi connectivity index (χ1v) is 6.31. The molecule has 0 radical (unpaired) electrons. The molecule has 0 amide bonds. The molecule has 1 saturated heterocycles. The van der Waals surface area contributed by atoms with Crippen molar-refractivity contribution in [3.05, 3.63) is 0 Å². The summed E-state index contributed by atoms with van der Waals surface area (Å²) in [5.74, 6) is -0.132. The molecule has 0 saturated carbocycles. The highest BCUT2D eigenvalue weighted by molar-refractivity contribution is 5.75. The fourth-order valence-electron chi connectivity index (χ4n) is 2.08. The SMILES string of the molecule is CCCNC(CCN1CCCC1)C(=O)OC. The molecule has 16 heavy (non-hydrogen) atoms. The lowest BCUT2D eigenvalue weighted by Gasteiger charge is -2.20. The molecule has 1 fully saturated rings. The van der Waals surface area contributed by atoms with E-state index in [9.17, 15) is 4.79 Å². The van der Waals surface area contributed by atoms with Crippen molar-refractivity contribution in [2.75, 3.05) is 33.3 Å².